The first-order valence-corrected chi connectivity index (χ1v) is 9.96. The summed E-state index contributed by atoms with van der Waals surface area (Å²) < 4.78 is 11.5. The van der Waals surface area contributed by atoms with Crippen molar-refractivity contribution in [3.8, 4) is 0 Å². The predicted octanol–water partition coefficient (Wildman–Crippen LogP) is 4.65. The zero-order valence-electron chi connectivity index (χ0n) is 15.5. The van der Waals surface area contributed by atoms with E-state index in [-0.39, 0.29) is 0 Å². The van der Waals surface area contributed by atoms with Crippen LogP contribution in [0.5, 0.6) is 0 Å². The number of allylic oxidation sites excluding steroid dienone is 2. The summed E-state index contributed by atoms with van der Waals surface area (Å²) in [6, 6.07) is 0. The van der Waals surface area contributed by atoms with Crippen molar-refractivity contribution in [3.63, 3.8) is 0 Å². The summed E-state index contributed by atoms with van der Waals surface area (Å²) in [5.74, 6) is 2.22. The Morgan fingerprint density at radius 2 is 1.83 bits per heavy atom. The minimum atomic E-state index is -0.480. The average Bonchev–Trinajstić information content (AvgIpc) is 3.11. The lowest BCUT2D eigenvalue weighted by Gasteiger charge is -2.48. The fourth-order valence-corrected chi connectivity index (χ4v) is 6.10. The lowest BCUT2D eigenvalue weighted by atomic mass is 9.57. The van der Waals surface area contributed by atoms with Crippen LogP contribution < -0.4 is 0 Å². The van der Waals surface area contributed by atoms with Crippen LogP contribution in [0.15, 0.2) is 11.1 Å². The molecule has 0 amide bonds. The number of ether oxygens (including phenoxy) is 2. The molecular weight excluding hydrogens is 300 g/mol. The van der Waals surface area contributed by atoms with Crippen LogP contribution in [0.4, 0.5) is 0 Å². The van der Waals surface area contributed by atoms with Crippen molar-refractivity contribution in [2.24, 2.45) is 23.2 Å². The van der Waals surface area contributed by atoms with Crippen LogP contribution in [0, 0.1) is 23.2 Å². The zero-order valence-corrected chi connectivity index (χ0v) is 15.5. The fraction of sp³-hybridized carbons (Fsp3) is 0.857. The molecule has 1 heterocycles. The largest absolute Gasteiger partial charge is 0.348 e. The lowest BCUT2D eigenvalue weighted by Crippen LogP contribution is -2.40. The number of hydrogen-bond acceptors (Lipinski definition) is 3. The molecule has 0 spiro atoms. The SMILES string of the molecule is C[C@@H]1CC[C@@H]2C3CCC(=O)C(CCC4(C)OCCO4)=C3CC[C@@]12C. The highest BCUT2D eigenvalue weighted by Crippen LogP contribution is 2.61. The molecule has 0 aromatic rings. The molecule has 4 aliphatic rings. The van der Waals surface area contributed by atoms with E-state index in [1.54, 1.807) is 0 Å². The van der Waals surface area contributed by atoms with Crippen LogP contribution in [0.2, 0.25) is 0 Å². The minimum absolute atomic E-state index is 0.400. The maximum atomic E-state index is 12.7. The molecule has 3 heteroatoms. The molecule has 0 aromatic heterocycles. The second-order valence-electron chi connectivity index (χ2n) is 8.99. The van der Waals surface area contributed by atoms with Crippen LogP contribution >= 0.6 is 0 Å². The normalized spacial score (nSPS) is 41.5. The van der Waals surface area contributed by atoms with Crippen molar-refractivity contribution in [1.29, 1.82) is 0 Å². The molecule has 4 rings (SSSR count). The van der Waals surface area contributed by atoms with E-state index in [9.17, 15) is 4.79 Å². The Morgan fingerprint density at radius 3 is 2.58 bits per heavy atom. The topological polar surface area (TPSA) is 35.5 Å². The van der Waals surface area contributed by atoms with Gasteiger partial charge in [0.05, 0.1) is 13.2 Å². The van der Waals surface area contributed by atoms with Gasteiger partial charge in [0.1, 0.15) is 0 Å². The Morgan fingerprint density at radius 1 is 1.08 bits per heavy atom. The number of Topliss-reactive ketones (excluding diaryl/α,β-unsaturated/α-hetero) is 1. The standard InChI is InChI=1S/C21H32O3/c1-14-4-6-18-16-5-7-19(22)17(15(16)8-10-20(14,18)2)9-11-21(3)23-12-13-24-21/h14,16,18H,4-13H2,1-3H3/t14-,16?,18-,20+/m1/s1. The average molecular weight is 332 g/mol. The molecule has 0 N–H and O–H groups in total. The molecule has 3 aliphatic carbocycles. The summed E-state index contributed by atoms with van der Waals surface area (Å²) in [5.41, 5.74) is 3.17. The first-order chi connectivity index (χ1) is 11.4. The summed E-state index contributed by atoms with van der Waals surface area (Å²) in [4.78, 5) is 12.7. The van der Waals surface area contributed by atoms with Gasteiger partial charge in [0.25, 0.3) is 0 Å². The van der Waals surface area contributed by atoms with Gasteiger partial charge in [0, 0.05) is 12.8 Å². The molecule has 1 aliphatic heterocycles. The van der Waals surface area contributed by atoms with Gasteiger partial charge in [-0.1, -0.05) is 19.4 Å². The molecule has 3 nitrogen and oxygen atoms in total. The van der Waals surface area contributed by atoms with Gasteiger partial charge in [0.2, 0.25) is 0 Å². The van der Waals surface area contributed by atoms with Crippen molar-refractivity contribution in [3.05, 3.63) is 11.1 Å². The van der Waals surface area contributed by atoms with Crippen molar-refractivity contribution < 1.29 is 14.3 Å². The number of hydrogen-bond donors (Lipinski definition) is 0. The van der Waals surface area contributed by atoms with E-state index >= 15 is 0 Å². The number of fused-ring (bicyclic) bond motifs is 3. The van der Waals surface area contributed by atoms with E-state index in [1.807, 2.05) is 6.92 Å². The highest BCUT2D eigenvalue weighted by atomic mass is 16.7. The van der Waals surface area contributed by atoms with Crippen molar-refractivity contribution in [2.75, 3.05) is 13.2 Å². The Balaban J connectivity index is 1.57. The van der Waals surface area contributed by atoms with Crippen LogP contribution in [0.1, 0.15) is 72.1 Å². The van der Waals surface area contributed by atoms with Crippen LogP contribution in [0.3, 0.4) is 0 Å². The van der Waals surface area contributed by atoms with Gasteiger partial charge in [-0.2, -0.15) is 0 Å². The lowest BCUT2D eigenvalue weighted by molar-refractivity contribution is -0.146. The Bertz CT molecular complexity index is 557. The maximum absolute atomic E-state index is 12.7. The molecule has 24 heavy (non-hydrogen) atoms. The Hall–Kier alpha value is -0.670. The summed E-state index contributed by atoms with van der Waals surface area (Å²) in [5, 5.41) is 0. The zero-order chi connectivity index (χ0) is 16.9. The molecule has 4 atom stereocenters. The smallest absolute Gasteiger partial charge is 0.166 e. The van der Waals surface area contributed by atoms with Gasteiger partial charge >= 0.3 is 0 Å². The third kappa shape index (κ3) is 2.59. The van der Waals surface area contributed by atoms with Crippen LogP contribution in [-0.4, -0.2) is 24.8 Å². The number of carbonyl (C=O) groups excluding carboxylic acids is 1. The number of carbonyl (C=O) groups is 1. The van der Waals surface area contributed by atoms with Gasteiger partial charge in [-0.25, -0.2) is 0 Å². The van der Waals surface area contributed by atoms with E-state index in [2.05, 4.69) is 13.8 Å². The highest BCUT2D eigenvalue weighted by molar-refractivity contribution is 5.97. The molecular formula is C21H32O3. The molecule has 1 saturated heterocycles. The summed E-state index contributed by atoms with van der Waals surface area (Å²) in [6.45, 7) is 8.34. The predicted molar refractivity (Wildman–Crippen MR) is 93.5 cm³/mol. The second kappa shape index (κ2) is 5.95. The van der Waals surface area contributed by atoms with Crippen LogP contribution in [0.25, 0.3) is 0 Å². The molecule has 3 fully saturated rings. The van der Waals surface area contributed by atoms with Gasteiger partial charge in [0.15, 0.2) is 11.6 Å². The maximum Gasteiger partial charge on any atom is 0.166 e. The van der Waals surface area contributed by atoms with Crippen molar-refractivity contribution in [1.82, 2.24) is 0 Å². The molecule has 0 bridgehead atoms. The van der Waals surface area contributed by atoms with E-state index in [0.717, 1.165) is 49.5 Å². The van der Waals surface area contributed by atoms with Gasteiger partial charge in [-0.05, 0) is 74.2 Å². The van der Waals surface area contributed by atoms with E-state index in [1.165, 1.54) is 24.8 Å². The number of ketones is 1. The summed E-state index contributed by atoms with van der Waals surface area (Å²) >= 11 is 0. The quantitative estimate of drug-likeness (QED) is 0.754. The first-order valence-electron chi connectivity index (χ1n) is 9.96. The highest BCUT2D eigenvalue weighted by Gasteiger charge is 2.52. The molecule has 0 aromatic carbocycles. The summed E-state index contributed by atoms with van der Waals surface area (Å²) in [6.07, 6.45) is 8.62. The van der Waals surface area contributed by atoms with E-state index < -0.39 is 5.79 Å². The monoisotopic (exact) mass is 332 g/mol. The molecule has 1 unspecified atom stereocenters. The third-order valence-electron chi connectivity index (χ3n) is 7.88. The minimum Gasteiger partial charge on any atom is -0.348 e. The van der Waals surface area contributed by atoms with Crippen molar-refractivity contribution >= 4 is 5.78 Å². The molecule has 134 valence electrons. The Kier molecular flexibility index (Phi) is 4.16. The molecule has 0 radical (unpaired) electrons. The van der Waals surface area contributed by atoms with E-state index in [4.69, 9.17) is 9.47 Å². The van der Waals surface area contributed by atoms with Crippen molar-refractivity contribution in [2.45, 2.75) is 77.9 Å². The number of rotatable bonds is 3. The molecule has 2 saturated carbocycles. The van der Waals surface area contributed by atoms with Gasteiger partial charge in [-0.3, -0.25) is 4.79 Å². The second-order valence-corrected chi connectivity index (χ2v) is 8.99. The van der Waals surface area contributed by atoms with E-state index in [0.29, 0.717) is 30.3 Å². The third-order valence-corrected chi connectivity index (χ3v) is 7.88. The summed E-state index contributed by atoms with van der Waals surface area (Å²) in [7, 11) is 0. The van der Waals surface area contributed by atoms with Gasteiger partial charge < -0.3 is 9.47 Å². The Labute approximate surface area is 146 Å². The first kappa shape index (κ1) is 16.8. The van der Waals surface area contributed by atoms with Crippen LogP contribution in [-0.2, 0) is 14.3 Å². The van der Waals surface area contributed by atoms with Gasteiger partial charge in [-0.15, -0.1) is 0 Å². The fourth-order valence-electron chi connectivity index (χ4n) is 6.10.